The first kappa shape index (κ1) is 38.1. The second-order valence-corrected chi connectivity index (χ2v) is 14.7. The number of amides is 3. The Morgan fingerprint density at radius 2 is 1.76 bits per heavy atom. The Bertz CT molecular complexity index is 1660. The molecule has 0 radical (unpaired) electrons. The number of nitrogens with one attached hydrogen (secondary N) is 3. The van der Waals surface area contributed by atoms with Crippen molar-refractivity contribution in [2.45, 2.75) is 107 Å². The first-order valence-corrected chi connectivity index (χ1v) is 18.7. The molecule has 0 saturated heterocycles. The summed E-state index contributed by atoms with van der Waals surface area (Å²) in [5.74, 6) is -1.63. The average molecular weight is 720 g/mol. The molecule has 4 atom stereocenters. The molecule has 1 aromatic carbocycles. The van der Waals surface area contributed by atoms with E-state index < -0.39 is 35.7 Å². The van der Waals surface area contributed by atoms with Crippen molar-refractivity contribution in [3.05, 3.63) is 71.4 Å². The molecule has 1 fully saturated rings. The molecule has 1 saturated carbocycles. The molecule has 2 aliphatic heterocycles. The van der Waals surface area contributed by atoms with Crippen molar-refractivity contribution in [3.8, 4) is 5.75 Å². The predicted octanol–water partition coefficient (Wildman–Crippen LogP) is 5.79. The summed E-state index contributed by atoms with van der Waals surface area (Å²) in [5.41, 5.74) is 1.61. The number of hydrogen-bond acceptors (Lipinski definition) is 9. The number of carbonyl (C=O) groups is 4. The van der Waals surface area contributed by atoms with Crippen LogP contribution in [-0.4, -0.2) is 70.6 Å². The summed E-state index contributed by atoms with van der Waals surface area (Å²) in [4.78, 5) is 52.6. The second-order valence-electron chi connectivity index (χ2n) is 13.7. The van der Waals surface area contributed by atoms with Crippen LogP contribution in [0.1, 0.15) is 77.2 Å². The second kappa shape index (κ2) is 17.4. The molecular weight excluding hydrogens is 671 g/mol. The minimum atomic E-state index is -1.05. The van der Waals surface area contributed by atoms with Crippen LogP contribution in [0.15, 0.2) is 70.7 Å². The lowest BCUT2D eigenvalue weighted by molar-refractivity contribution is -0.158. The van der Waals surface area contributed by atoms with Gasteiger partial charge in [0.25, 0.3) is 0 Å². The average Bonchev–Trinajstić information content (AvgIpc) is 3.91. The van der Waals surface area contributed by atoms with Crippen LogP contribution in [0.5, 0.6) is 5.75 Å². The van der Waals surface area contributed by atoms with Gasteiger partial charge in [-0.05, 0) is 69.9 Å². The standard InChI is InChI=1S/C39H49N3O8S/c1-24-13-12-17-28-35(46)29(22-30-36(28)51-23-33(44)41-30)40-32(43)21-27(49-3)16-10-5-4-6-11-18-31(25(2)34(24)45)50-38(48)39(19-20-39)42-37(47)26-14-8-7-9-15-26/h4-6,10-11,13-14,16,22,25,27,31,34,45-46H,7-9,12,15,17-21,23H2,1-3H3,(H,40,43)(H,41,44)(H,42,47)/b5-4+,11-6+,16-10+,24-13+. The van der Waals surface area contributed by atoms with Gasteiger partial charge in [0.1, 0.15) is 17.4 Å². The third-order valence-electron chi connectivity index (χ3n) is 9.84. The third kappa shape index (κ3) is 9.81. The van der Waals surface area contributed by atoms with E-state index in [0.29, 0.717) is 55.3 Å². The van der Waals surface area contributed by atoms with Gasteiger partial charge in [-0.1, -0.05) is 55.5 Å². The Morgan fingerprint density at radius 1 is 1.00 bits per heavy atom. The van der Waals surface area contributed by atoms with E-state index in [2.05, 4.69) is 16.0 Å². The number of methoxy groups -OCH3 is 1. The van der Waals surface area contributed by atoms with Gasteiger partial charge in [0.15, 0.2) is 0 Å². The molecular formula is C39H49N3O8S. The fraction of sp³-hybridized carbons (Fsp3) is 0.487. The Morgan fingerprint density at radius 3 is 2.49 bits per heavy atom. The molecule has 1 aromatic rings. The predicted molar refractivity (Wildman–Crippen MR) is 197 cm³/mol. The van der Waals surface area contributed by atoms with Crippen LogP contribution in [0.25, 0.3) is 0 Å². The van der Waals surface area contributed by atoms with Gasteiger partial charge in [0, 0.05) is 35.5 Å². The van der Waals surface area contributed by atoms with Crippen molar-refractivity contribution >= 4 is 46.8 Å². The molecule has 0 aromatic heterocycles. The quantitative estimate of drug-likeness (QED) is 0.110. The summed E-state index contributed by atoms with van der Waals surface area (Å²) in [6, 6.07) is 1.57. The molecule has 2 aliphatic carbocycles. The number of thioether (sulfide) groups is 1. The van der Waals surface area contributed by atoms with Crippen LogP contribution in [0.3, 0.4) is 0 Å². The Hall–Kier alpha value is -4.13. The summed E-state index contributed by atoms with van der Waals surface area (Å²) in [5, 5.41) is 31.4. The van der Waals surface area contributed by atoms with E-state index >= 15 is 0 Å². The lowest BCUT2D eigenvalue weighted by Crippen LogP contribution is -2.47. The van der Waals surface area contributed by atoms with Crippen molar-refractivity contribution in [3.63, 3.8) is 0 Å². The summed E-state index contributed by atoms with van der Waals surface area (Å²) >= 11 is 1.32. The van der Waals surface area contributed by atoms with E-state index in [-0.39, 0.29) is 41.3 Å². The summed E-state index contributed by atoms with van der Waals surface area (Å²) < 4.78 is 11.6. The minimum Gasteiger partial charge on any atom is -0.505 e. The SMILES string of the molecule is COC1/C=C/C=C/C=C/CC(OC(=O)C2(NC(=O)C3=CCCCC3)CC2)C(C)C(O)/C(C)=C/CCc2c(O)c(cc3c2SCC(=O)N3)NC(=O)C1. The maximum Gasteiger partial charge on any atom is 0.332 e. The normalized spacial score (nSPS) is 28.5. The smallest absolute Gasteiger partial charge is 0.332 e. The minimum absolute atomic E-state index is 0.00600. The topological polar surface area (TPSA) is 163 Å². The van der Waals surface area contributed by atoms with Gasteiger partial charge < -0.3 is 35.6 Å². The number of allylic oxidation sites excluding steroid dienone is 6. The van der Waals surface area contributed by atoms with Crippen LogP contribution in [0.4, 0.5) is 11.4 Å². The number of ether oxygens (including phenoxy) is 2. The number of hydrogen-bond donors (Lipinski definition) is 5. The van der Waals surface area contributed by atoms with Crippen molar-refractivity contribution in [1.82, 2.24) is 5.32 Å². The summed E-state index contributed by atoms with van der Waals surface area (Å²) in [6.45, 7) is 3.65. The largest absolute Gasteiger partial charge is 0.505 e. The lowest BCUT2D eigenvalue weighted by Gasteiger charge is -2.30. The molecule has 2 bridgehead atoms. The molecule has 11 nitrogen and oxygen atoms in total. The number of aliphatic hydroxyl groups is 1. The number of phenols is 1. The lowest BCUT2D eigenvalue weighted by atomic mass is 9.90. The number of aliphatic hydroxyl groups excluding tert-OH is 1. The van der Waals surface area contributed by atoms with Crippen molar-refractivity contribution in [2.75, 3.05) is 23.5 Å². The van der Waals surface area contributed by atoms with Crippen molar-refractivity contribution in [2.24, 2.45) is 5.92 Å². The zero-order valence-corrected chi connectivity index (χ0v) is 30.4. The van der Waals surface area contributed by atoms with Gasteiger partial charge in [-0.25, -0.2) is 4.79 Å². The van der Waals surface area contributed by atoms with E-state index in [1.54, 1.807) is 30.4 Å². The molecule has 5 rings (SSSR count). The monoisotopic (exact) mass is 719 g/mol. The maximum absolute atomic E-state index is 13.6. The zero-order chi connectivity index (χ0) is 36.5. The number of anilines is 2. The van der Waals surface area contributed by atoms with Crippen LogP contribution >= 0.6 is 11.8 Å². The maximum atomic E-state index is 13.6. The van der Waals surface area contributed by atoms with E-state index in [1.807, 2.05) is 38.2 Å². The first-order valence-electron chi connectivity index (χ1n) is 17.7. The summed E-state index contributed by atoms with van der Waals surface area (Å²) in [7, 11) is 1.51. The molecule has 0 spiro atoms. The molecule has 51 heavy (non-hydrogen) atoms. The van der Waals surface area contributed by atoms with Gasteiger partial charge in [-0.2, -0.15) is 0 Å². The Kier molecular flexibility index (Phi) is 13.0. The van der Waals surface area contributed by atoms with E-state index in [9.17, 15) is 29.4 Å². The highest BCUT2D eigenvalue weighted by Crippen LogP contribution is 2.44. The van der Waals surface area contributed by atoms with Gasteiger partial charge in [-0.3, -0.25) is 14.4 Å². The van der Waals surface area contributed by atoms with Gasteiger partial charge in [0.05, 0.1) is 35.8 Å². The van der Waals surface area contributed by atoms with Crippen LogP contribution in [0, 0.1) is 5.92 Å². The number of phenolic OH excluding ortho intramolecular Hbond substituents is 1. The number of aromatic hydroxyl groups is 1. The molecule has 3 amide bonds. The molecule has 4 aliphatic rings. The molecule has 274 valence electrons. The highest BCUT2D eigenvalue weighted by Gasteiger charge is 2.54. The molecule has 5 N–H and O–H groups in total. The highest BCUT2D eigenvalue weighted by molar-refractivity contribution is 8.00. The third-order valence-corrected chi connectivity index (χ3v) is 11.0. The van der Waals surface area contributed by atoms with Gasteiger partial charge in [0.2, 0.25) is 17.7 Å². The first-order chi connectivity index (χ1) is 24.5. The fourth-order valence-corrected chi connectivity index (χ4v) is 7.48. The number of carbonyl (C=O) groups excluding carboxylic acids is 4. The highest BCUT2D eigenvalue weighted by atomic mass is 32.2. The number of rotatable bonds is 5. The van der Waals surface area contributed by atoms with Crippen LogP contribution in [-0.2, 0) is 35.1 Å². The Balaban J connectivity index is 1.39. The van der Waals surface area contributed by atoms with E-state index in [4.69, 9.17) is 9.47 Å². The molecule has 2 heterocycles. The van der Waals surface area contributed by atoms with Crippen molar-refractivity contribution < 1.29 is 38.9 Å². The van der Waals surface area contributed by atoms with Crippen LogP contribution in [0.2, 0.25) is 0 Å². The molecule has 4 unspecified atom stereocenters. The number of fused-ring (bicyclic) bond motifs is 4. The molecule has 12 heteroatoms. The summed E-state index contributed by atoms with van der Waals surface area (Å²) in [6.07, 6.45) is 18.2. The van der Waals surface area contributed by atoms with Crippen molar-refractivity contribution in [1.29, 1.82) is 0 Å². The van der Waals surface area contributed by atoms with E-state index in [0.717, 1.165) is 29.7 Å². The van der Waals surface area contributed by atoms with Gasteiger partial charge in [-0.15, -0.1) is 11.8 Å². The van der Waals surface area contributed by atoms with E-state index in [1.165, 1.54) is 18.9 Å². The zero-order valence-electron chi connectivity index (χ0n) is 29.5. The fourth-order valence-electron chi connectivity index (χ4n) is 6.49. The van der Waals surface area contributed by atoms with Gasteiger partial charge >= 0.3 is 5.97 Å². The van der Waals surface area contributed by atoms with Crippen LogP contribution < -0.4 is 16.0 Å². The number of esters is 1. The number of benzene rings is 1. The Labute approximate surface area is 303 Å².